The van der Waals surface area contributed by atoms with E-state index in [-0.39, 0.29) is 0 Å². The van der Waals surface area contributed by atoms with Gasteiger partial charge in [-0.3, -0.25) is 9.63 Å². The maximum Gasteiger partial charge on any atom is 0.252 e. The smallest absolute Gasteiger partial charge is 0.252 e. The largest absolute Gasteiger partial charge is 0.548 e. The minimum absolute atomic E-state index is 0.317. The Balaban J connectivity index is 1.85. The summed E-state index contributed by atoms with van der Waals surface area (Å²) >= 11 is 1.54. The van der Waals surface area contributed by atoms with Crippen molar-refractivity contribution in [1.82, 2.24) is 10.4 Å². The number of benzene rings is 2. The number of carboxylic acids is 1. The lowest BCUT2D eigenvalue weighted by molar-refractivity contribution is -0.308. The molecule has 0 bridgehead atoms. The fourth-order valence-electron chi connectivity index (χ4n) is 5.12. The predicted molar refractivity (Wildman–Crippen MR) is 154 cm³/mol. The molecule has 2 aromatic carbocycles. The van der Waals surface area contributed by atoms with Gasteiger partial charge in [-0.15, -0.1) is 0 Å². The first kappa shape index (κ1) is 30.2. The third-order valence-electron chi connectivity index (χ3n) is 7.31. The van der Waals surface area contributed by atoms with Gasteiger partial charge in [0.05, 0.1) is 18.6 Å². The monoisotopic (exact) mass is 539 g/mol. The molecule has 0 radical (unpaired) electrons. The maximum absolute atomic E-state index is 13.3. The van der Waals surface area contributed by atoms with Crippen molar-refractivity contribution in [3.05, 3.63) is 59.2 Å². The van der Waals surface area contributed by atoms with E-state index >= 15 is 0 Å². The molecule has 6 nitrogen and oxygen atoms in total. The summed E-state index contributed by atoms with van der Waals surface area (Å²) < 4.78 is 0. The molecule has 38 heavy (non-hydrogen) atoms. The summed E-state index contributed by atoms with van der Waals surface area (Å²) in [6.45, 7) is 6.32. The molecule has 7 heteroatoms. The van der Waals surface area contributed by atoms with Gasteiger partial charge >= 0.3 is 0 Å². The van der Waals surface area contributed by atoms with Crippen LogP contribution in [0.1, 0.15) is 79.8 Å². The zero-order valence-electron chi connectivity index (χ0n) is 23.2. The lowest BCUT2D eigenvalue weighted by Crippen LogP contribution is -2.48. The molecule has 2 aromatic rings. The quantitative estimate of drug-likeness (QED) is 0.306. The van der Waals surface area contributed by atoms with Gasteiger partial charge < -0.3 is 15.2 Å². The molecule has 208 valence electrons. The highest BCUT2D eigenvalue weighted by Crippen LogP contribution is 2.30. The van der Waals surface area contributed by atoms with Crippen LogP contribution < -0.4 is 10.4 Å². The number of carboxylic acid groups (broad SMARTS) is 1. The van der Waals surface area contributed by atoms with Gasteiger partial charge in [-0.25, -0.2) is 0 Å². The number of hydrogen-bond acceptors (Lipinski definition) is 6. The Morgan fingerprint density at radius 3 is 2.58 bits per heavy atom. The first-order valence-corrected chi connectivity index (χ1v) is 15.4. The molecular weight excluding hydrogens is 496 g/mol. The van der Waals surface area contributed by atoms with E-state index in [1.54, 1.807) is 0 Å². The number of carbonyl (C=O) groups excluding carboxylic acids is 2. The number of amides is 1. The minimum atomic E-state index is -1.26. The Bertz CT molecular complexity index is 1040. The molecule has 0 spiro atoms. The first-order chi connectivity index (χ1) is 18.4. The number of thioether (sulfide) groups is 1. The summed E-state index contributed by atoms with van der Waals surface area (Å²) in [7, 11) is 0. The summed E-state index contributed by atoms with van der Waals surface area (Å²) in [5.41, 5.74) is 4.31. The summed E-state index contributed by atoms with van der Waals surface area (Å²) in [4.78, 5) is 31.1. The van der Waals surface area contributed by atoms with Crippen LogP contribution in [0.25, 0.3) is 11.1 Å². The van der Waals surface area contributed by atoms with Crippen molar-refractivity contribution in [3.8, 4) is 11.1 Å². The highest BCUT2D eigenvalue weighted by molar-refractivity contribution is 7.98. The zero-order valence-corrected chi connectivity index (χ0v) is 24.0. The van der Waals surface area contributed by atoms with Gasteiger partial charge in [-0.05, 0) is 78.5 Å². The normalized spacial score (nSPS) is 14.9. The van der Waals surface area contributed by atoms with Crippen LogP contribution in [0.5, 0.6) is 0 Å². The second-order valence-electron chi connectivity index (χ2n) is 10.3. The molecule has 1 saturated carbocycles. The van der Waals surface area contributed by atoms with Crippen molar-refractivity contribution in [2.75, 3.05) is 25.2 Å². The molecule has 0 aliphatic heterocycles. The molecule has 1 aliphatic carbocycles. The van der Waals surface area contributed by atoms with Crippen LogP contribution in [-0.2, 0) is 16.2 Å². The molecule has 0 aromatic heterocycles. The van der Waals surface area contributed by atoms with E-state index in [0.717, 1.165) is 47.6 Å². The molecule has 1 aliphatic rings. The van der Waals surface area contributed by atoms with Gasteiger partial charge in [0.2, 0.25) is 0 Å². The van der Waals surface area contributed by atoms with E-state index in [1.807, 2.05) is 49.6 Å². The number of hydroxylamine groups is 2. The number of nitrogens with zero attached hydrogens (tertiary/aromatic N) is 1. The fourth-order valence-corrected chi connectivity index (χ4v) is 5.59. The number of carbonyl (C=O) groups is 2. The summed E-state index contributed by atoms with van der Waals surface area (Å²) in [6, 6.07) is 12.7. The Hall–Kier alpha value is -2.35. The molecule has 1 N–H and O–H groups in total. The average molecular weight is 540 g/mol. The standard InChI is InChI=1S/C31H44N2O4S/c1-4-19-37-33(18-16-24-11-6-5-7-12-24)22-25-14-15-27(28(21-25)26-13-9-8-10-23(26)2)30(34)32-29(31(35)36)17-20-38-3/h8-10,13-15,21,24,29H,4-7,11-12,16-20,22H2,1-3H3,(H,32,34)(H,35,36)/p-1/t29-/m0/s1. The molecule has 0 saturated heterocycles. The number of aliphatic carboxylic acids is 1. The van der Waals surface area contributed by atoms with E-state index in [2.05, 4.69) is 23.4 Å². The summed E-state index contributed by atoms with van der Waals surface area (Å²) in [5, 5.41) is 16.4. The summed E-state index contributed by atoms with van der Waals surface area (Å²) in [6.07, 6.45) is 11.0. The Morgan fingerprint density at radius 2 is 1.89 bits per heavy atom. The van der Waals surface area contributed by atoms with Gasteiger partial charge in [0.15, 0.2) is 0 Å². The van der Waals surface area contributed by atoms with Gasteiger partial charge in [-0.2, -0.15) is 16.8 Å². The van der Waals surface area contributed by atoms with Gasteiger partial charge in [0.1, 0.15) is 0 Å². The van der Waals surface area contributed by atoms with Crippen molar-refractivity contribution in [2.24, 2.45) is 5.92 Å². The van der Waals surface area contributed by atoms with Crippen LogP contribution in [0.15, 0.2) is 42.5 Å². The van der Waals surface area contributed by atoms with E-state index in [9.17, 15) is 14.7 Å². The van der Waals surface area contributed by atoms with Crippen molar-refractivity contribution in [2.45, 2.75) is 77.8 Å². The van der Waals surface area contributed by atoms with Crippen molar-refractivity contribution in [3.63, 3.8) is 0 Å². The van der Waals surface area contributed by atoms with E-state index in [0.29, 0.717) is 30.9 Å². The fraction of sp³-hybridized carbons (Fsp3) is 0.548. The number of aryl methyl sites for hydroxylation is 1. The first-order valence-electron chi connectivity index (χ1n) is 14.0. The van der Waals surface area contributed by atoms with Crippen LogP contribution in [0.3, 0.4) is 0 Å². The molecular formula is C31H43N2O4S-. The van der Waals surface area contributed by atoms with E-state index in [4.69, 9.17) is 4.84 Å². The van der Waals surface area contributed by atoms with Gasteiger partial charge in [0.25, 0.3) is 5.91 Å². The molecule has 0 heterocycles. The molecule has 1 atom stereocenters. The topological polar surface area (TPSA) is 81.7 Å². The maximum atomic E-state index is 13.3. The van der Waals surface area contributed by atoms with Crippen molar-refractivity contribution in [1.29, 1.82) is 0 Å². The third-order valence-corrected chi connectivity index (χ3v) is 7.96. The van der Waals surface area contributed by atoms with E-state index < -0.39 is 17.9 Å². The summed E-state index contributed by atoms with van der Waals surface area (Å²) in [5.74, 6) is -0.269. The Kier molecular flexibility index (Phi) is 12.6. The lowest BCUT2D eigenvalue weighted by Gasteiger charge is -2.27. The highest BCUT2D eigenvalue weighted by atomic mass is 32.2. The number of rotatable bonds is 15. The van der Waals surface area contributed by atoms with Crippen LogP contribution in [0.2, 0.25) is 0 Å². The van der Waals surface area contributed by atoms with Crippen LogP contribution in [-0.4, -0.2) is 48.1 Å². The molecule has 3 rings (SSSR count). The van der Waals surface area contributed by atoms with Crippen molar-refractivity contribution < 1.29 is 19.5 Å². The van der Waals surface area contributed by atoms with Crippen LogP contribution >= 0.6 is 11.8 Å². The van der Waals surface area contributed by atoms with Crippen LogP contribution in [0, 0.1) is 12.8 Å². The van der Waals surface area contributed by atoms with Crippen molar-refractivity contribution >= 4 is 23.6 Å². The second kappa shape index (κ2) is 15.9. The lowest BCUT2D eigenvalue weighted by atomic mass is 9.87. The number of hydrogen-bond donors (Lipinski definition) is 1. The minimum Gasteiger partial charge on any atom is -0.548 e. The zero-order chi connectivity index (χ0) is 27.3. The molecule has 1 amide bonds. The Morgan fingerprint density at radius 1 is 1.13 bits per heavy atom. The molecule has 0 unspecified atom stereocenters. The predicted octanol–water partition coefficient (Wildman–Crippen LogP) is 5.38. The second-order valence-corrected chi connectivity index (χ2v) is 11.3. The van der Waals surface area contributed by atoms with Crippen LogP contribution in [0.4, 0.5) is 0 Å². The van der Waals surface area contributed by atoms with E-state index in [1.165, 1.54) is 43.9 Å². The van der Waals surface area contributed by atoms with Gasteiger partial charge in [-0.1, -0.05) is 69.4 Å². The molecule has 1 fully saturated rings. The Labute approximate surface area is 232 Å². The average Bonchev–Trinajstić information content (AvgIpc) is 2.93. The third kappa shape index (κ3) is 9.14. The SMILES string of the molecule is CCCON(CCC1CCCCC1)Cc1ccc(C(=O)N[C@@H](CCSC)C(=O)[O-])c(-c2ccccc2C)c1. The number of nitrogens with one attached hydrogen (secondary N) is 1. The van der Waals surface area contributed by atoms with Gasteiger partial charge in [0, 0.05) is 18.7 Å². The highest BCUT2D eigenvalue weighted by Gasteiger charge is 2.21.